The predicted molar refractivity (Wildman–Crippen MR) is 85.5 cm³/mol. The number of aromatic nitrogens is 2. The Balaban J connectivity index is 2.02. The topological polar surface area (TPSA) is 55.9 Å². The van der Waals surface area contributed by atoms with Crippen molar-refractivity contribution in [2.45, 2.75) is 13.5 Å². The van der Waals surface area contributed by atoms with Crippen molar-refractivity contribution in [2.24, 2.45) is 5.73 Å². The van der Waals surface area contributed by atoms with Crippen molar-refractivity contribution in [2.75, 3.05) is 11.9 Å². The number of hydrogen-bond acceptors (Lipinski definition) is 3. The summed E-state index contributed by atoms with van der Waals surface area (Å²) in [5.74, 6) is 0. The second-order valence-corrected chi connectivity index (χ2v) is 5.62. The number of rotatable bonds is 5. The minimum atomic E-state index is 0.393. The minimum Gasteiger partial charge on any atom is -0.389 e. The van der Waals surface area contributed by atoms with Gasteiger partial charge in [-0.25, -0.2) is 0 Å². The lowest BCUT2D eigenvalue weighted by Crippen LogP contribution is -2.16. The number of hydrogen-bond donors (Lipinski definition) is 2. The molecule has 19 heavy (non-hydrogen) atoms. The second kappa shape index (κ2) is 6.16. The molecule has 2 rings (SSSR count). The molecule has 0 amide bonds. The Morgan fingerprint density at radius 1 is 1.53 bits per heavy atom. The van der Waals surface area contributed by atoms with Crippen LogP contribution in [0.4, 0.5) is 5.69 Å². The standard InChI is InChI=1S/C13H15BrN4S/c1-9-7-17-18(8-9)5-4-16-12-6-10(14)2-3-11(12)13(15)19/h2-3,6-8,16H,4-5H2,1H3,(H2,15,19). The Labute approximate surface area is 126 Å². The van der Waals surface area contributed by atoms with E-state index in [0.29, 0.717) is 4.99 Å². The summed E-state index contributed by atoms with van der Waals surface area (Å²) in [6, 6.07) is 5.81. The molecule has 0 bridgehead atoms. The molecule has 0 saturated carbocycles. The first-order valence-electron chi connectivity index (χ1n) is 5.88. The zero-order chi connectivity index (χ0) is 13.8. The number of nitrogens with zero attached hydrogens (tertiary/aromatic N) is 2. The van der Waals surface area contributed by atoms with Gasteiger partial charge in [-0.3, -0.25) is 4.68 Å². The molecular formula is C13H15BrN4S. The Bertz CT molecular complexity index is 594. The van der Waals surface area contributed by atoms with Crippen molar-refractivity contribution in [3.05, 3.63) is 46.2 Å². The van der Waals surface area contributed by atoms with Crippen molar-refractivity contribution < 1.29 is 0 Å². The van der Waals surface area contributed by atoms with Gasteiger partial charge in [0.25, 0.3) is 0 Å². The quantitative estimate of drug-likeness (QED) is 0.823. The average Bonchev–Trinajstić information content (AvgIpc) is 2.75. The van der Waals surface area contributed by atoms with Gasteiger partial charge in [0.2, 0.25) is 0 Å². The fourth-order valence-corrected chi connectivity index (χ4v) is 2.31. The van der Waals surface area contributed by atoms with Crippen molar-refractivity contribution in [3.63, 3.8) is 0 Å². The number of aryl methyl sites for hydroxylation is 1. The Morgan fingerprint density at radius 3 is 2.95 bits per heavy atom. The average molecular weight is 339 g/mol. The van der Waals surface area contributed by atoms with Gasteiger partial charge in [0.15, 0.2) is 0 Å². The molecule has 4 nitrogen and oxygen atoms in total. The largest absolute Gasteiger partial charge is 0.389 e. The van der Waals surface area contributed by atoms with Crippen LogP contribution in [0, 0.1) is 6.92 Å². The van der Waals surface area contributed by atoms with Crippen LogP contribution >= 0.6 is 28.1 Å². The van der Waals surface area contributed by atoms with Gasteiger partial charge in [0.05, 0.1) is 12.7 Å². The van der Waals surface area contributed by atoms with E-state index >= 15 is 0 Å². The molecular weight excluding hydrogens is 324 g/mol. The summed E-state index contributed by atoms with van der Waals surface area (Å²) in [4.78, 5) is 0.393. The van der Waals surface area contributed by atoms with E-state index in [2.05, 4.69) is 26.3 Å². The number of benzene rings is 1. The first-order valence-corrected chi connectivity index (χ1v) is 7.08. The fraction of sp³-hybridized carbons (Fsp3) is 0.231. The zero-order valence-corrected chi connectivity index (χ0v) is 13.0. The molecule has 0 fully saturated rings. The highest BCUT2D eigenvalue weighted by atomic mass is 79.9. The molecule has 1 aromatic heterocycles. The fourth-order valence-electron chi connectivity index (χ4n) is 1.77. The Morgan fingerprint density at radius 2 is 2.32 bits per heavy atom. The summed E-state index contributed by atoms with van der Waals surface area (Å²) >= 11 is 8.49. The van der Waals surface area contributed by atoms with Gasteiger partial charge in [-0.15, -0.1) is 0 Å². The number of nitrogens with two attached hydrogens (primary N) is 1. The normalized spacial score (nSPS) is 10.4. The third-order valence-electron chi connectivity index (χ3n) is 2.67. The van der Waals surface area contributed by atoms with E-state index < -0.39 is 0 Å². The molecule has 0 saturated heterocycles. The van der Waals surface area contributed by atoms with Gasteiger partial charge >= 0.3 is 0 Å². The van der Waals surface area contributed by atoms with Crippen LogP contribution in [0.15, 0.2) is 35.1 Å². The molecule has 1 aromatic carbocycles. The second-order valence-electron chi connectivity index (χ2n) is 4.26. The van der Waals surface area contributed by atoms with Crippen LogP contribution in [0.25, 0.3) is 0 Å². The van der Waals surface area contributed by atoms with E-state index in [4.69, 9.17) is 18.0 Å². The molecule has 6 heteroatoms. The summed E-state index contributed by atoms with van der Waals surface area (Å²) in [6.07, 6.45) is 3.86. The maximum atomic E-state index is 5.71. The summed E-state index contributed by atoms with van der Waals surface area (Å²) in [5.41, 5.74) is 8.66. The molecule has 100 valence electrons. The molecule has 2 aromatic rings. The first kappa shape index (κ1) is 14.0. The zero-order valence-electron chi connectivity index (χ0n) is 10.6. The number of halogens is 1. The van der Waals surface area contributed by atoms with E-state index in [0.717, 1.165) is 34.4 Å². The molecule has 0 aliphatic carbocycles. The highest BCUT2D eigenvalue weighted by Crippen LogP contribution is 2.21. The van der Waals surface area contributed by atoms with E-state index in [1.54, 1.807) is 0 Å². The maximum Gasteiger partial charge on any atom is 0.106 e. The van der Waals surface area contributed by atoms with E-state index in [9.17, 15) is 0 Å². The lowest BCUT2D eigenvalue weighted by atomic mass is 10.2. The number of anilines is 1. The van der Waals surface area contributed by atoms with Crippen LogP contribution in [-0.2, 0) is 6.54 Å². The van der Waals surface area contributed by atoms with Gasteiger partial charge in [-0.05, 0) is 30.7 Å². The van der Waals surface area contributed by atoms with Crippen molar-refractivity contribution in [1.82, 2.24) is 9.78 Å². The van der Waals surface area contributed by atoms with Gasteiger partial charge in [-0.1, -0.05) is 28.1 Å². The van der Waals surface area contributed by atoms with Crippen molar-refractivity contribution in [3.8, 4) is 0 Å². The summed E-state index contributed by atoms with van der Waals surface area (Å²) in [7, 11) is 0. The summed E-state index contributed by atoms with van der Waals surface area (Å²) in [5, 5.41) is 7.57. The van der Waals surface area contributed by atoms with E-state index in [-0.39, 0.29) is 0 Å². The van der Waals surface area contributed by atoms with Crippen LogP contribution < -0.4 is 11.1 Å². The highest BCUT2D eigenvalue weighted by Gasteiger charge is 2.05. The molecule has 0 aliphatic heterocycles. The molecule has 0 radical (unpaired) electrons. The third kappa shape index (κ3) is 3.78. The Hall–Kier alpha value is -1.40. The molecule has 3 N–H and O–H groups in total. The van der Waals surface area contributed by atoms with Crippen LogP contribution in [0.1, 0.15) is 11.1 Å². The minimum absolute atomic E-state index is 0.393. The molecule has 1 heterocycles. The number of thiocarbonyl (C=S) groups is 1. The van der Waals surface area contributed by atoms with Crippen LogP contribution in [0.2, 0.25) is 0 Å². The highest BCUT2D eigenvalue weighted by molar-refractivity contribution is 9.10. The van der Waals surface area contributed by atoms with Gasteiger partial charge in [0, 0.05) is 28.5 Å². The predicted octanol–water partition coefficient (Wildman–Crippen LogP) is 2.70. The summed E-state index contributed by atoms with van der Waals surface area (Å²) < 4.78 is 2.89. The Kier molecular flexibility index (Phi) is 4.55. The van der Waals surface area contributed by atoms with Gasteiger partial charge in [-0.2, -0.15) is 5.10 Å². The molecule has 0 unspecified atom stereocenters. The third-order valence-corrected chi connectivity index (χ3v) is 3.38. The maximum absolute atomic E-state index is 5.71. The van der Waals surface area contributed by atoms with Gasteiger partial charge < -0.3 is 11.1 Å². The van der Waals surface area contributed by atoms with E-state index in [1.807, 2.05) is 42.2 Å². The smallest absolute Gasteiger partial charge is 0.106 e. The summed E-state index contributed by atoms with van der Waals surface area (Å²) in [6.45, 7) is 3.57. The molecule has 0 aliphatic rings. The van der Waals surface area contributed by atoms with Gasteiger partial charge in [0.1, 0.15) is 4.99 Å². The van der Waals surface area contributed by atoms with E-state index in [1.165, 1.54) is 0 Å². The lowest BCUT2D eigenvalue weighted by Gasteiger charge is -2.11. The SMILES string of the molecule is Cc1cnn(CCNc2cc(Br)ccc2C(N)=S)c1. The monoisotopic (exact) mass is 338 g/mol. The molecule has 0 atom stereocenters. The van der Waals surface area contributed by atoms with Crippen LogP contribution in [0.5, 0.6) is 0 Å². The van der Waals surface area contributed by atoms with Crippen LogP contribution in [-0.4, -0.2) is 21.3 Å². The van der Waals surface area contributed by atoms with Crippen LogP contribution in [0.3, 0.4) is 0 Å². The van der Waals surface area contributed by atoms with Crippen molar-refractivity contribution >= 4 is 38.8 Å². The lowest BCUT2D eigenvalue weighted by molar-refractivity contribution is 0.637. The first-order chi connectivity index (χ1) is 9.06. The number of nitrogens with one attached hydrogen (secondary N) is 1. The molecule has 0 spiro atoms. The van der Waals surface area contributed by atoms with Crippen molar-refractivity contribution in [1.29, 1.82) is 0 Å².